The predicted molar refractivity (Wildman–Crippen MR) is 79.0 cm³/mol. The molecule has 0 saturated carbocycles. The Morgan fingerprint density at radius 1 is 1.43 bits per heavy atom. The minimum Gasteiger partial charge on any atom is -0.436 e. The Kier molecular flexibility index (Phi) is 4.36. The summed E-state index contributed by atoms with van der Waals surface area (Å²) in [6.07, 6.45) is 0. The Labute approximate surface area is 130 Å². The van der Waals surface area contributed by atoms with Crippen molar-refractivity contribution in [3.8, 4) is 11.6 Å². The zero-order valence-electron chi connectivity index (χ0n) is 11.3. The maximum atomic E-state index is 10.7. The van der Waals surface area contributed by atoms with Crippen LogP contribution in [0.4, 0.5) is 5.69 Å². The normalized spacial score (nSPS) is 10.7. The second-order valence-corrected chi connectivity index (χ2v) is 5.11. The SMILES string of the molecule is Cc1nn(C)c(Oc2c(Cl)cc([N+](=O)[O-])cc2Cl)c1CN. The Morgan fingerprint density at radius 3 is 2.48 bits per heavy atom. The van der Waals surface area contributed by atoms with Crippen LogP contribution in [0.25, 0.3) is 0 Å². The van der Waals surface area contributed by atoms with Crippen LogP contribution in [-0.4, -0.2) is 14.7 Å². The molecular formula is C12H12Cl2N4O3. The van der Waals surface area contributed by atoms with Crippen LogP contribution >= 0.6 is 23.2 Å². The van der Waals surface area contributed by atoms with Crippen molar-refractivity contribution >= 4 is 28.9 Å². The van der Waals surface area contributed by atoms with Gasteiger partial charge in [-0.25, -0.2) is 4.68 Å². The second kappa shape index (κ2) is 5.88. The van der Waals surface area contributed by atoms with Gasteiger partial charge in [-0.3, -0.25) is 10.1 Å². The van der Waals surface area contributed by atoms with E-state index in [0.717, 1.165) is 5.69 Å². The van der Waals surface area contributed by atoms with Crippen molar-refractivity contribution in [3.63, 3.8) is 0 Å². The van der Waals surface area contributed by atoms with Gasteiger partial charge in [0.2, 0.25) is 5.88 Å². The first kappa shape index (κ1) is 15.6. The summed E-state index contributed by atoms with van der Waals surface area (Å²) in [5, 5.41) is 15.0. The maximum absolute atomic E-state index is 10.7. The van der Waals surface area contributed by atoms with Gasteiger partial charge < -0.3 is 10.5 Å². The van der Waals surface area contributed by atoms with E-state index in [1.165, 1.54) is 16.8 Å². The van der Waals surface area contributed by atoms with Crippen LogP contribution in [0.2, 0.25) is 10.0 Å². The number of aryl methyl sites for hydroxylation is 2. The van der Waals surface area contributed by atoms with Crippen LogP contribution in [0.3, 0.4) is 0 Å². The Balaban J connectivity index is 2.48. The standard InChI is InChI=1S/C12H12Cl2N4O3/c1-6-8(5-15)12(17(2)16-6)21-11-9(13)3-7(18(19)20)4-10(11)14/h3-4H,5,15H2,1-2H3. The highest BCUT2D eigenvalue weighted by Gasteiger charge is 2.20. The highest BCUT2D eigenvalue weighted by Crippen LogP contribution is 2.40. The van der Waals surface area contributed by atoms with Gasteiger partial charge in [-0.15, -0.1) is 0 Å². The van der Waals surface area contributed by atoms with Crippen molar-refractivity contribution in [2.45, 2.75) is 13.5 Å². The van der Waals surface area contributed by atoms with Crippen molar-refractivity contribution in [3.05, 3.63) is 43.5 Å². The zero-order valence-corrected chi connectivity index (χ0v) is 12.8. The third kappa shape index (κ3) is 2.94. The summed E-state index contributed by atoms with van der Waals surface area (Å²) in [6, 6.07) is 2.35. The summed E-state index contributed by atoms with van der Waals surface area (Å²) < 4.78 is 7.19. The van der Waals surface area contributed by atoms with E-state index in [1.807, 2.05) is 0 Å². The van der Waals surface area contributed by atoms with Crippen LogP contribution in [-0.2, 0) is 13.6 Å². The number of nitro benzene ring substituents is 1. The highest BCUT2D eigenvalue weighted by atomic mass is 35.5. The molecule has 0 bridgehead atoms. The first-order valence-electron chi connectivity index (χ1n) is 5.89. The number of nitrogens with zero attached hydrogens (tertiary/aromatic N) is 3. The maximum Gasteiger partial charge on any atom is 0.272 e. The van der Waals surface area contributed by atoms with Gasteiger partial charge >= 0.3 is 0 Å². The number of hydrogen-bond acceptors (Lipinski definition) is 5. The summed E-state index contributed by atoms with van der Waals surface area (Å²) in [7, 11) is 1.69. The van der Waals surface area contributed by atoms with E-state index in [0.29, 0.717) is 11.4 Å². The van der Waals surface area contributed by atoms with E-state index in [2.05, 4.69) is 5.10 Å². The first-order chi connectivity index (χ1) is 9.85. The van der Waals surface area contributed by atoms with E-state index in [1.54, 1.807) is 14.0 Å². The smallest absolute Gasteiger partial charge is 0.272 e. The van der Waals surface area contributed by atoms with Crippen LogP contribution in [0, 0.1) is 17.0 Å². The van der Waals surface area contributed by atoms with Gasteiger partial charge in [-0.05, 0) is 6.92 Å². The number of benzene rings is 1. The molecule has 0 aliphatic heterocycles. The molecule has 0 aliphatic carbocycles. The Bertz CT molecular complexity index is 692. The number of aromatic nitrogens is 2. The van der Waals surface area contributed by atoms with Crippen LogP contribution in [0.1, 0.15) is 11.3 Å². The average Bonchev–Trinajstić information content (AvgIpc) is 2.67. The van der Waals surface area contributed by atoms with Gasteiger partial charge in [0.05, 0.1) is 26.2 Å². The van der Waals surface area contributed by atoms with Gasteiger partial charge in [-0.1, -0.05) is 23.2 Å². The van der Waals surface area contributed by atoms with E-state index in [-0.39, 0.29) is 28.0 Å². The topological polar surface area (TPSA) is 96.2 Å². The molecule has 2 aromatic rings. The van der Waals surface area contributed by atoms with Crippen molar-refractivity contribution in [2.75, 3.05) is 0 Å². The molecule has 112 valence electrons. The molecule has 0 aliphatic rings. The molecule has 0 spiro atoms. The second-order valence-electron chi connectivity index (χ2n) is 4.29. The fourth-order valence-corrected chi connectivity index (χ4v) is 2.44. The number of hydrogen-bond donors (Lipinski definition) is 1. The van der Waals surface area contributed by atoms with Gasteiger partial charge in [0.15, 0.2) is 5.75 Å². The average molecular weight is 331 g/mol. The molecule has 0 unspecified atom stereocenters. The van der Waals surface area contributed by atoms with Crippen molar-refractivity contribution in [2.24, 2.45) is 12.8 Å². The summed E-state index contributed by atoms with van der Waals surface area (Å²) in [5.41, 5.74) is 6.90. The van der Waals surface area contributed by atoms with Gasteiger partial charge in [0.1, 0.15) is 0 Å². The third-order valence-corrected chi connectivity index (χ3v) is 3.45. The number of ether oxygens (including phenoxy) is 1. The number of nitrogens with two attached hydrogens (primary N) is 1. The molecule has 0 atom stereocenters. The first-order valence-corrected chi connectivity index (χ1v) is 6.64. The van der Waals surface area contributed by atoms with E-state index in [9.17, 15) is 10.1 Å². The fourth-order valence-electron chi connectivity index (χ4n) is 1.89. The highest BCUT2D eigenvalue weighted by molar-refractivity contribution is 6.37. The Morgan fingerprint density at radius 2 is 2.00 bits per heavy atom. The largest absolute Gasteiger partial charge is 0.436 e. The van der Waals surface area contributed by atoms with Crippen molar-refractivity contribution < 1.29 is 9.66 Å². The molecule has 0 saturated heterocycles. The van der Waals surface area contributed by atoms with E-state index < -0.39 is 4.92 Å². The molecule has 2 N–H and O–H groups in total. The Hall–Kier alpha value is -1.83. The molecule has 0 amide bonds. The molecule has 9 heteroatoms. The number of non-ortho nitro benzene ring substituents is 1. The van der Waals surface area contributed by atoms with Gasteiger partial charge in [0, 0.05) is 25.7 Å². The molecule has 7 nitrogen and oxygen atoms in total. The summed E-state index contributed by atoms with van der Waals surface area (Å²) >= 11 is 12.0. The lowest BCUT2D eigenvalue weighted by molar-refractivity contribution is -0.384. The minimum absolute atomic E-state index is 0.0380. The fraction of sp³-hybridized carbons (Fsp3) is 0.250. The molecule has 1 aromatic heterocycles. The summed E-state index contributed by atoms with van der Waals surface area (Å²) in [5.74, 6) is 0.522. The van der Waals surface area contributed by atoms with E-state index in [4.69, 9.17) is 33.7 Å². The lowest BCUT2D eigenvalue weighted by Gasteiger charge is -2.11. The number of rotatable bonds is 4. The lowest BCUT2D eigenvalue weighted by atomic mass is 10.2. The summed E-state index contributed by atoms with van der Waals surface area (Å²) in [4.78, 5) is 10.2. The predicted octanol–water partition coefficient (Wildman–Crippen LogP) is 3.19. The van der Waals surface area contributed by atoms with Gasteiger partial charge in [-0.2, -0.15) is 5.10 Å². The quantitative estimate of drug-likeness (QED) is 0.685. The summed E-state index contributed by atoms with van der Waals surface area (Å²) in [6.45, 7) is 2.03. The lowest BCUT2D eigenvalue weighted by Crippen LogP contribution is -2.02. The molecule has 0 fully saturated rings. The monoisotopic (exact) mass is 330 g/mol. The molecular weight excluding hydrogens is 319 g/mol. The van der Waals surface area contributed by atoms with Crippen LogP contribution in [0.15, 0.2) is 12.1 Å². The van der Waals surface area contributed by atoms with Crippen LogP contribution < -0.4 is 10.5 Å². The molecule has 0 radical (unpaired) electrons. The third-order valence-electron chi connectivity index (χ3n) is 2.89. The molecule has 21 heavy (non-hydrogen) atoms. The molecule has 2 rings (SSSR count). The minimum atomic E-state index is -0.582. The van der Waals surface area contributed by atoms with Crippen molar-refractivity contribution in [1.82, 2.24) is 9.78 Å². The van der Waals surface area contributed by atoms with Gasteiger partial charge in [0.25, 0.3) is 5.69 Å². The van der Waals surface area contributed by atoms with Crippen molar-refractivity contribution in [1.29, 1.82) is 0 Å². The zero-order chi connectivity index (χ0) is 15.7. The van der Waals surface area contributed by atoms with Crippen LogP contribution in [0.5, 0.6) is 11.6 Å². The molecule has 1 aromatic carbocycles. The van der Waals surface area contributed by atoms with E-state index >= 15 is 0 Å². The number of halogens is 2. The number of nitro groups is 1. The molecule has 1 heterocycles.